The lowest BCUT2D eigenvalue weighted by Gasteiger charge is -2.23. The summed E-state index contributed by atoms with van der Waals surface area (Å²) in [5.41, 5.74) is 0.0305. The Bertz CT molecular complexity index is 548. The lowest BCUT2D eigenvalue weighted by molar-refractivity contribution is -0.147. The lowest BCUT2D eigenvalue weighted by atomic mass is 10.1. The molecule has 2 atom stereocenters. The van der Waals surface area contributed by atoms with Crippen molar-refractivity contribution in [3.8, 4) is 0 Å². The number of hydrogen-bond acceptors (Lipinski definition) is 5. The fraction of sp³-hybridized carbons (Fsp3) is 0.556. The lowest BCUT2D eigenvalue weighted by Crippen LogP contribution is -2.39. The van der Waals surface area contributed by atoms with Gasteiger partial charge in [-0.05, 0) is 39.3 Å². The molecule has 1 aromatic carbocycles. The molecule has 0 saturated carbocycles. The third-order valence-corrected chi connectivity index (χ3v) is 3.65. The molecule has 1 unspecified atom stereocenters. The van der Waals surface area contributed by atoms with E-state index in [2.05, 4.69) is 10.6 Å². The molecule has 1 amide bonds. The van der Waals surface area contributed by atoms with Gasteiger partial charge < -0.3 is 20.1 Å². The molecule has 6 heteroatoms. The van der Waals surface area contributed by atoms with E-state index in [0.717, 1.165) is 19.5 Å². The van der Waals surface area contributed by atoms with Crippen LogP contribution in [0.2, 0.25) is 0 Å². The molecule has 1 saturated heterocycles. The number of ether oxygens (including phenoxy) is 2. The molecule has 24 heavy (non-hydrogen) atoms. The van der Waals surface area contributed by atoms with E-state index in [0.29, 0.717) is 18.1 Å². The van der Waals surface area contributed by atoms with Crippen LogP contribution in [-0.2, 0) is 14.3 Å². The summed E-state index contributed by atoms with van der Waals surface area (Å²) in [5.74, 6) is -0.147. The van der Waals surface area contributed by atoms with Crippen LogP contribution in [0, 0.1) is 5.92 Å². The largest absolute Gasteiger partial charge is 0.464 e. The fourth-order valence-electron chi connectivity index (χ4n) is 2.49. The Balaban J connectivity index is 2.02. The van der Waals surface area contributed by atoms with E-state index in [1.807, 2.05) is 18.2 Å². The van der Waals surface area contributed by atoms with Crippen molar-refractivity contribution < 1.29 is 19.1 Å². The monoisotopic (exact) mass is 334 g/mol. The van der Waals surface area contributed by atoms with Gasteiger partial charge in [-0.2, -0.15) is 0 Å². The molecule has 0 aliphatic carbocycles. The van der Waals surface area contributed by atoms with Gasteiger partial charge in [0.1, 0.15) is 5.60 Å². The Hall–Kier alpha value is -2.08. The van der Waals surface area contributed by atoms with Gasteiger partial charge in [-0.1, -0.05) is 30.3 Å². The van der Waals surface area contributed by atoms with Crippen molar-refractivity contribution in [2.75, 3.05) is 19.7 Å². The van der Waals surface area contributed by atoms with E-state index in [4.69, 9.17) is 9.47 Å². The van der Waals surface area contributed by atoms with Crippen LogP contribution >= 0.6 is 0 Å². The van der Waals surface area contributed by atoms with Crippen LogP contribution in [0.4, 0.5) is 4.79 Å². The maximum absolute atomic E-state index is 12.5. The highest BCUT2D eigenvalue weighted by molar-refractivity contribution is 5.82. The first-order chi connectivity index (χ1) is 11.3. The smallest absolute Gasteiger partial charge is 0.408 e. The first-order valence-corrected chi connectivity index (χ1v) is 8.27. The maximum atomic E-state index is 12.5. The Labute approximate surface area is 142 Å². The van der Waals surface area contributed by atoms with Crippen molar-refractivity contribution in [1.82, 2.24) is 10.6 Å². The minimum Gasteiger partial charge on any atom is -0.464 e. The Morgan fingerprint density at radius 1 is 1.29 bits per heavy atom. The van der Waals surface area contributed by atoms with Crippen LogP contribution in [0.3, 0.4) is 0 Å². The highest BCUT2D eigenvalue weighted by Gasteiger charge is 2.28. The molecular weight excluding hydrogens is 308 g/mol. The van der Waals surface area contributed by atoms with Crippen LogP contribution in [0.15, 0.2) is 30.3 Å². The topological polar surface area (TPSA) is 76.7 Å². The number of carbonyl (C=O) groups excluding carboxylic acids is 2. The van der Waals surface area contributed by atoms with Crippen molar-refractivity contribution in [3.05, 3.63) is 35.9 Å². The molecule has 1 aromatic rings. The third kappa shape index (κ3) is 5.85. The average molecular weight is 334 g/mol. The predicted octanol–water partition coefficient (Wildman–Crippen LogP) is 2.41. The minimum absolute atomic E-state index is 0.326. The van der Waals surface area contributed by atoms with Crippen molar-refractivity contribution in [2.24, 2.45) is 5.92 Å². The zero-order valence-corrected chi connectivity index (χ0v) is 14.5. The summed E-state index contributed by atoms with van der Waals surface area (Å²) >= 11 is 0. The second kappa shape index (κ2) is 8.15. The van der Waals surface area contributed by atoms with Crippen LogP contribution in [0.1, 0.15) is 38.8 Å². The molecule has 0 radical (unpaired) electrons. The summed E-state index contributed by atoms with van der Waals surface area (Å²) < 4.78 is 10.7. The van der Waals surface area contributed by atoms with Gasteiger partial charge in [0, 0.05) is 12.5 Å². The molecule has 1 aliphatic heterocycles. The number of benzene rings is 1. The van der Waals surface area contributed by atoms with Gasteiger partial charge in [-0.3, -0.25) is 0 Å². The Kier molecular flexibility index (Phi) is 6.20. The van der Waals surface area contributed by atoms with Crippen LogP contribution in [0.5, 0.6) is 0 Å². The van der Waals surface area contributed by atoms with Crippen molar-refractivity contribution in [1.29, 1.82) is 0 Å². The molecule has 6 nitrogen and oxygen atoms in total. The number of hydrogen-bond donors (Lipinski definition) is 2. The summed E-state index contributed by atoms with van der Waals surface area (Å²) in [5, 5.41) is 5.85. The number of alkyl carbamates (subject to hydrolysis) is 1. The number of nitrogens with one attached hydrogen (secondary N) is 2. The Morgan fingerprint density at radius 3 is 2.58 bits per heavy atom. The third-order valence-electron chi connectivity index (χ3n) is 3.65. The second-order valence-electron chi connectivity index (χ2n) is 6.98. The number of esters is 1. The molecule has 2 rings (SSSR count). The standard InChI is InChI=1S/C18H26N2O4/c1-18(2,3)24-17(22)20-15(14-7-5-4-6-8-14)16(21)23-12-13-9-10-19-11-13/h4-8,13,15,19H,9-12H2,1-3H3,(H,20,22)/t13-,15?/m1/s1. The maximum Gasteiger partial charge on any atom is 0.408 e. The van der Waals surface area contributed by atoms with E-state index in [1.165, 1.54) is 0 Å². The summed E-state index contributed by atoms with van der Waals surface area (Å²) in [6.45, 7) is 7.47. The molecule has 1 heterocycles. The zero-order valence-electron chi connectivity index (χ0n) is 14.5. The summed E-state index contributed by atoms with van der Waals surface area (Å²) in [6, 6.07) is 8.15. The minimum atomic E-state index is -0.879. The van der Waals surface area contributed by atoms with E-state index in [9.17, 15) is 9.59 Å². The molecule has 0 aromatic heterocycles. The first kappa shape index (κ1) is 18.3. The normalized spacial score (nSPS) is 18.7. The highest BCUT2D eigenvalue weighted by Crippen LogP contribution is 2.17. The van der Waals surface area contributed by atoms with Gasteiger partial charge in [0.25, 0.3) is 0 Å². The Morgan fingerprint density at radius 2 is 2.00 bits per heavy atom. The molecule has 1 aliphatic rings. The van der Waals surface area contributed by atoms with Gasteiger partial charge >= 0.3 is 12.1 Å². The fourth-order valence-corrected chi connectivity index (χ4v) is 2.49. The van der Waals surface area contributed by atoms with Gasteiger partial charge in [0.05, 0.1) is 6.61 Å². The molecule has 0 spiro atoms. The second-order valence-corrected chi connectivity index (χ2v) is 6.98. The first-order valence-electron chi connectivity index (χ1n) is 8.27. The molecular formula is C18H26N2O4. The predicted molar refractivity (Wildman–Crippen MR) is 90.5 cm³/mol. The SMILES string of the molecule is CC(C)(C)OC(=O)NC(C(=O)OC[C@@H]1CCNC1)c1ccccc1. The van der Waals surface area contributed by atoms with E-state index in [-0.39, 0.29) is 0 Å². The number of amides is 1. The van der Waals surface area contributed by atoms with Gasteiger partial charge in [0.15, 0.2) is 6.04 Å². The van der Waals surface area contributed by atoms with Crippen LogP contribution in [0.25, 0.3) is 0 Å². The van der Waals surface area contributed by atoms with Crippen molar-refractivity contribution in [3.63, 3.8) is 0 Å². The van der Waals surface area contributed by atoms with Gasteiger partial charge in [0.2, 0.25) is 0 Å². The van der Waals surface area contributed by atoms with Crippen LogP contribution in [-0.4, -0.2) is 37.4 Å². The van der Waals surface area contributed by atoms with Gasteiger partial charge in [-0.25, -0.2) is 9.59 Å². The summed E-state index contributed by atoms with van der Waals surface area (Å²) in [6.07, 6.45) is 0.346. The highest BCUT2D eigenvalue weighted by atomic mass is 16.6. The van der Waals surface area contributed by atoms with Crippen LogP contribution < -0.4 is 10.6 Å². The quantitative estimate of drug-likeness (QED) is 0.809. The zero-order chi connectivity index (χ0) is 17.6. The van der Waals surface area contributed by atoms with Gasteiger partial charge in [-0.15, -0.1) is 0 Å². The number of carbonyl (C=O) groups is 2. The molecule has 2 N–H and O–H groups in total. The van der Waals surface area contributed by atoms with Crippen molar-refractivity contribution in [2.45, 2.75) is 38.8 Å². The van der Waals surface area contributed by atoms with E-state index < -0.39 is 23.7 Å². The molecule has 1 fully saturated rings. The summed E-state index contributed by atoms with van der Waals surface area (Å²) in [4.78, 5) is 24.5. The average Bonchev–Trinajstić information content (AvgIpc) is 3.03. The summed E-state index contributed by atoms with van der Waals surface area (Å²) in [7, 11) is 0. The number of rotatable bonds is 5. The van der Waals surface area contributed by atoms with Crippen molar-refractivity contribution >= 4 is 12.1 Å². The molecule has 0 bridgehead atoms. The molecule has 132 valence electrons. The van der Waals surface area contributed by atoms with E-state index >= 15 is 0 Å². The van der Waals surface area contributed by atoms with E-state index in [1.54, 1.807) is 32.9 Å².